The second-order valence-electron chi connectivity index (χ2n) is 3.75. The Morgan fingerprint density at radius 3 is 2.61 bits per heavy atom. The Morgan fingerprint density at radius 2 is 1.94 bits per heavy atom. The van der Waals surface area contributed by atoms with Crippen molar-refractivity contribution in [3.8, 4) is 11.8 Å². The van der Waals surface area contributed by atoms with Crippen LogP contribution in [0.1, 0.15) is 11.1 Å². The summed E-state index contributed by atoms with van der Waals surface area (Å²) in [6.07, 6.45) is 0. The molecule has 0 aliphatic heterocycles. The number of benzene rings is 2. The van der Waals surface area contributed by atoms with Gasteiger partial charge < -0.3 is 4.74 Å². The first-order valence-electron chi connectivity index (χ1n) is 5.58. The lowest BCUT2D eigenvalue weighted by Crippen LogP contribution is -1.87. The number of nitriles is 1. The molecule has 0 spiro atoms. The van der Waals surface area contributed by atoms with Gasteiger partial charge in [-0.1, -0.05) is 30.3 Å². The van der Waals surface area contributed by atoms with Crippen molar-refractivity contribution >= 4 is 11.8 Å². The monoisotopic (exact) mass is 255 g/mol. The molecule has 0 unspecified atom stereocenters. The summed E-state index contributed by atoms with van der Waals surface area (Å²) in [6, 6.07) is 17.9. The van der Waals surface area contributed by atoms with Crippen molar-refractivity contribution in [3.63, 3.8) is 0 Å². The van der Waals surface area contributed by atoms with Crippen LogP contribution in [0, 0.1) is 11.3 Å². The van der Waals surface area contributed by atoms with Gasteiger partial charge in [-0.2, -0.15) is 5.26 Å². The van der Waals surface area contributed by atoms with E-state index in [-0.39, 0.29) is 0 Å². The average Bonchev–Trinajstić information content (AvgIpc) is 2.45. The van der Waals surface area contributed by atoms with Crippen LogP contribution in [0.2, 0.25) is 0 Å². The van der Waals surface area contributed by atoms with Gasteiger partial charge in [0.25, 0.3) is 0 Å². The molecule has 90 valence electrons. The van der Waals surface area contributed by atoms with Gasteiger partial charge in [-0.3, -0.25) is 0 Å². The number of hydrogen-bond acceptors (Lipinski definition) is 3. The van der Waals surface area contributed by atoms with Crippen LogP contribution in [0.3, 0.4) is 0 Å². The van der Waals surface area contributed by atoms with Crippen molar-refractivity contribution in [2.24, 2.45) is 0 Å². The Morgan fingerprint density at radius 1 is 1.17 bits per heavy atom. The molecule has 0 bridgehead atoms. The Bertz CT molecular complexity index is 560. The van der Waals surface area contributed by atoms with Crippen molar-refractivity contribution in [1.82, 2.24) is 0 Å². The van der Waals surface area contributed by atoms with Crippen LogP contribution in [0.5, 0.6) is 5.75 Å². The molecule has 2 aromatic carbocycles. The van der Waals surface area contributed by atoms with Gasteiger partial charge in [0.05, 0.1) is 12.7 Å². The highest BCUT2D eigenvalue weighted by atomic mass is 32.2. The molecule has 0 N–H and O–H groups in total. The molecular weight excluding hydrogens is 242 g/mol. The first-order valence-corrected chi connectivity index (χ1v) is 6.57. The number of thioether (sulfide) groups is 1. The highest BCUT2D eigenvalue weighted by molar-refractivity contribution is 7.98. The fraction of sp³-hybridized carbons (Fsp3) is 0.133. The number of methoxy groups -OCH3 is 1. The third kappa shape index (κ3) is 3.06. The summed E-state index contributed by atoms with van der Waals surface area (Å²) in [5, 5.41) is 9.08. The lowest BCUT2D eigenvalue weighted by atomic mass is 10.2. The van der Waals surface area contributed by atoms with Gasteiger partial charge in [-0.15, -0.1) is 11.8 Å². The minimum absolute atomic E-state index is 0.691. The van der Waals surface area contributed by atoms with E-state index >= 15 is 0 Å². The van der Waals surface area contributed by atoms with Crippen LogP contribution in [0.25, 0.3) is 0 Å². The van der Waals surface area contributed by atoms with E-state index < -0.39 is 0 Å². The summed E-state index contributed by atoms with van der Waals surface area (Å²) in [6.45, 7) is 0. The number of hydrogen-bond donors (Lipinski definition) is 0. The largest absolute Gasteiger partial charge is 0.497 e. The first kappa shape index (κ1) is 12.5. The first-order chi connectivity index (χ1) is 8.83. The molecule has 0 heterocycles. The van der Waals surface area contributed by atoms with E-state index in [0.29, 0.717) is 5.56 Å². The van der Waals surface area contributed by atoms with E-state index in [0.717, 1.165) is 16.4 Å². The summed E-state index contributed by atoms with van der Waals surface area (Å²) in [5.41, 5.74) is 1.94. The van der Waals surface area contributed by atoms with Gasteiger partial charge in [0.1, 0.15) is 11.8 Å². The van der Waals surface area contributed by atoms with Gasteiger partial charge in [0.2, 0.25) is 0 Å². The lowest BCUT2D eigenvalue weighted by molar-refractivity contribution is 0.413. The standard InChI is InChI=1S/C15H13NOS/c1-17-14-8-7-13(10-16)15(9-14)18-11-12-5-3-2-4-6-12/h2-9H,11H2,1H3. The van der Waals surface area contributed by atoms with Crippen molar-refractivity contribution < 1.29 is 4.74 Å². The predicted molar refractivity (Wildman–Crippen MR) is 73.7 cm³/mol. The molecule has 3 heteroatoms. The van der Waals surface area contributed by atoms with Gasteiger partial charge in [0.15, 0.2) is 0 Å². The quantitative estimate of drug-likeness (QED) is 0.778. The summed E-state index contributed by atoms with van der Waals surface area (Å²) in [4.78, 5) is 0.959. The minimum Gasteiger partial charge on any atom is -0.497 e. The maximum Gasteiger partial charge on any atom is 0.120 e. The molecule has 0 amide bonds. The van der Waals surface area contributed by atoms with Gasteiger partial charge >= 0.3 is 0 Å². The van der Waals surface area contributed by atoms with Crippen molar-refractivity contribution in [2.45, 2.75) is 10.6 Å². The zero-order valence-corrected chi connectivity index (χ0v) is 10.9. The van der Waals surface area contributed by atoms with Crippen LogP contribution < -0.4 is 4.74 Å². The van der Waals surface area contributed by atoms with Gasteiger partial charge in [-0.05, 0) is 23.8 Å². The van der Waals surface area contributed by atoms with Crippen LogP contribution in [0.15, 0.2) is 53.4 Å². The van der Waals surface area contributed by atoms with Crippen molar-refractivity contribution in [1.29, 1.82) is 5.26 Å². The molecule has 0 fully saturated rings. The maximum absolute atomic E-state index is 9.08. The fourth-order valence-corrected chi connectivity index (χ4v) is 2.56. The number of rotatable bonds is 4. The lowest BCUT2D eigenvalue weighted by Gasteiger charge is -2.06. The number of nitrogens with zero attached hydrogens (tertiary/aromatic N) is 1. The zero-order chi connectivity index (χ0) is 12.8. The molecule has 0 aliphatic rings. The molecule has 0 saturated carbocycles. The van der Waals surface area contributed by atoms with Crippen LogP contribution in [0.4, 0.5) is 0 Å². The normalized spacial score (nSPS) is 9.78. The summed E-state index contributed by atoms with van der Waals surface area (Å²) in [7, 11) is 1.63. The molecule has 0 atom stereocenters. The molecule has 18 heavy (non-hydrogen) atoms. The molecule has 2 nitrogen and oxygen atoms in total. The third-order valence-corrected chi connectivity index (χ3v) is 3.67. The molecule has 2 aromatic rings. The Hall–Kier alpha value is -1.92. The fourth-order valence-electron chi connectivity index (χ4n) is 1.58. The van der Waals surface area contributed by atoms with E-state index in [1.54, 1.807) is 24.9 Å². The summed E-state index contributed by atoms with van der Waals surface area (Å²) < 4.78 is 5.18. The molecular formula is C15H13NOS. The van der Waals surface area contributed by atoms with Crippen LogP contribution in [-0.2, 0) is 5.75 Å². The van der Waals surface area contributed by atoms with E-state index in [9.17, 15) is 0 Å². The highest BCUT2D eigenvalue weighted by Crippen LogP contribution is 2.29. The van der Waals surface area contributed by atoms with E-state index in [2.05, 4.69) is 18.2 Å². The van der Waals surface area contributed by atoms with E-state index in [1.165, 1.54) is 5.56 Å². The second-order valence-corrected chi connectivity index (χ2v) is 4.77. The highest BCUT2D eigenvalue weighted by Gasteiger charge is 2.05. The Kier molecular flexibility index (Phi) is 4.27. The van der Waals surface area contributed by atoms with Gasteiger partial charge in [0, 0.05) is 10.6 Å². The minimum atomic E-state index is 0.691. The summed E-state index contributed by atoms with van der Waals surface area (Å²) >= 11 is 1.65. The molecule has 0 saturated heterocycles. The maximum atomic E-state index is 9.08. The van der Waals surface area contributed by atoms with Crippen molar-refractivity contribution in [3.05, 3.63) is 59.7 Å². The number of ether oxygens (including phenoxy) is 1. The topological polar surface area (TPSA) is 33.0 Å². The van der Waals surface area contributed by atoms with Crippen LogP contribution >= 0.6 is 11.8 Å². The predicted octanol–water partition coefficient (Wildman–Crippen LogP) is 3.86. The molecule has 2 rings (SSSR count). The molecule has 0 aromatic heterocycles. The third-order valence-electron chi connectivity index (χ3n) is 2.55. The summed E-state index contributed by atoms with van der Waals surface area (Å²) in [5.74, 6) is 1.63. The van der Waals surface area contributed by atoms with Crippen molar-refractivity contribution in [2.75, 3.05) is 7.11 Å². The SMILES string of the molecule is COc1ccc(C#N)c(SCc2ccccc2)c1. The average molecular weight is 255 g/mol. The smallest absolute Gasteiger partial charge is 0.120 e. The Labute approximate surface area is 111 Å². The van der Waals surface area contributed by atoms with E-state index in [1.807, 2.05) is 30.3 Å². The second kappa shape index (κ2) is 6.13. The van der Waals surface area contributed by atoms with E-state index in [4.69, 9.17) is 10.00 Å². The molecule has 0 aliphatic carbocycles. The Balaban J connectivity index is 2.15. The van der Waals surface area contributed by atoms with Gasteiger partial charge in [-0.25, -0.2) is 0 Å². The van der Waals surface area contributed by atoms with Crippen LogP contribution in [-0.4, -0.2) is 7.11 Å². The zero-order valence-electron chi connectivity index (χ0n) is 10.1. The molecule has 0 radical (unpaired) electrons.